The van der Waals surface area contributed by atoms with Crippen LogP contribution in [0.2, 0.25) is 0 Å². The summed E-state index contributed by atoms with van der Waals surface area (Å²) in [6.45, 7) is 3.07. The number of aromatic nitrogens is 6. The van der Waals surface area contributed by atoms with E-state index in [1.54, 1.807) is 21.0 Å². The second-order valence-electron chi connectivity index (χ2n) is 7.86. The van der Waals surface area contributed by atoms with Crippen LogP contribution in [0.1, 0.15) is 28.7 Å². The van der Waals surface area contributed by atoms with Crippen LogP contribution >= 0.6 is 0 Å². The molecule has 0 unspecified atom stereocenters. The summed E-state index contributed by atoms with van der Waals surface area (Å²) >= 11 is 0. The van der Waals surface area contributed by atoms with Crippen molar-refractivity contribution >= 4 is 32.4 Å². The molecule has 0 aliphatic heterocycles. The van der Waals surface area contributed by atoms with Gasteiger partial charge < -0.3 is 9.47 Å². The van der Waals surface area contributed by atoms with Gasteiger partial charge in [0.15, 0.2) is 20.5 Å². The molecule has 0 atom stereocenters. The number of fused-ring (bicyclic) bond motifs is 2. The fraction of sp³-hybridized carbons (Fsp3) is 0.350. The molecule has 4 aromatic heterocycles. The molecular weight excluding hydrogens is 475 g/mol. The van der Waals surface area contributed by atoms with Crippen molar-refractivity contribution in [1.82, 2.24) is 34.0 Å². The summed E-state index contributed by atoms with van der Waals surface area (Å²) in [5.74, 6) is -0.704. The van der Waals surface area contributed by atoms with E-state index in [0.717, 1.165) is 16.8 Å². The number of alkyl halides is 3. The van der Waals surface area contributed by atoms with Crippen molar-refractivity contribution in [1.29, 1.82) is 0 Å². The summed E-state index contributed by atoms with van der Waals surface area (Å²) in [6.07, 6.45) is -2.24. The zero-order chi connectivity index (χ0) is 25.2. The third-order valence-electron chi connectivity index (χ3n) is 5.36. The van der Waals surface area contributed by atoms with E-state index in [9.17, 15) is 26.4 Å². The minimum Gasteiger partial charge on any atom is -0.343 e. The SMILES string of the molecule is CCS(=O)(=O)c1nn2c(C(=O)N(C)C)c(C)cnc2c1-c1nc2cc(C(F)(F)F)ncc2n1C. The number of nitrogens with zero attached hydrogens (tertiary/aromatic N) is 7. The van der Waals surface area contributed by atoms with Gasteiger partial charge in [-0.15, -0.1) is 0 Å². The molecule has 0 radical (unpaired) electrons. The molecule has 4 rings (SSSR count). The van der Waals surface area contributed by atoms with E-state index in [2.05, 4.69) is 20.1 Å². The number of carbonyl (C=O) groups excluding carboxylic acids is 1. The van der Waals surface area contributed by atoms with Gasteiger partial charge in [0, 0.05) is 27.3 Å². The lowest BCUT2D eigenvalue weighted by molar-refractivity contribution is -0.141. The Balaban J connectivity index is 2.12. The lowest BCUT2D eigenvalue weighted by atomic mass is 10.2. The molecule has 0 aliphatic rings. The Kier molecular flexibility index (Phi) is 5.38. The van der Waals surface area contributed by atoms with Crippen molar-refractivity contribution in [3.8, 4) is 11.4 Å². The monoisotopic (exact) mass is 495 g/mol. The van der Waals surface area contributed by atoms with E-state index in [1.807, 2.05) is 0 Å². The summed E-state index contributed by atoms with van der Waals surface area (Å²) < 4.78 is 68.0. The van der Waals surface area contributed by atoms with Crippen LogP contribution in [-0.4, -0.2) is 68.2 Å². The van der Waals surface area contributed by atoms with Crippen molar-refractivity contribution in [3.05, 3.63) is 35.4 Å². The van der Waals surface area contributed by atoms with E-state index < -0.39 is 27.6 Å². The minimum absolute atomic E-state index is 0.0121. The van der Waals surface area contributed by atoms with E-state index in [0.29, 0.717) is 5.56 Å². The molecule has 10 nitrogen and oxygen atoms in total. The first-order chi connectivity index (χ1) is 15.8. The third kappa shape index (κ3) is 3.57. The van der Waals surface area contributed by atoms with Crippen molar-refractivity contribution in [2.75, 3.05) is 19.8 Å². The van der Waals surface area contributed by atoms with Gasteiger partial charge >= 0.3 is 6.18 Å². The zero-order valence-corrected chi connectivity index (χ0v) is 19.7. The highest BCUT2D eigenvalue weighted by molar-refractivity contribution is 7.91. The summed E-state index contributed by atoms with van der Waals surface area (Å²) in [5, 5.41) is 3.86. The highest BCUT2D eigenvalue weighted by Crippen LogP contribution is 2.35. The van der Waals surface area contributed by atoms with Gasteiger partial charge in [0.1, 0.15) is 22.8 Å². The lowest BCUT2D eigenvalue weighted by Crippen LogP contribution is -2.25. The van der Waals surface area contributed by atoms with Gasteiger partial charge in [-0.1, -0.05) is 6.92 Å². The lowest BCUT2D eigenvalue weighted by Gasteiger charge is -2.13. The quantitative estimate of drug-likeness (QED) is 0.427. The van der Waals surface area contributed by atoms with Gasteiger partial charge in [-0.2, -0.15) is 18.3 Å². The van der Waals surface area contributed by atoms with Gasteiger partial charge in [0.05, 0.1) is 23.0 Å². The molecule has 4 heterocycles. The molecule has 34 heavy (non-hydrogen) atoms. The van der Waals surface area contributed by atoms with Crippen molar-refractivity contribution in [2.45, 2.75) is 25.0 Å². The molecule has 0 bridgehead atoms. The van der Waals surface area contributed by atoms with Crippen molar-refractivity contribution in [3.63, 3.8) is 0 Å². The molecule has 0 aromatic carbocycles. The molecular formula is C20H20F3N7O3S. The second-order valence-corrected chi connectivity index (χ2v) is 10.1. The second kappa shape index (κ2) is 7.75. The smallest absolute Gasteiger partial charge is 0.343 e. The number of amides is 1. The predicted molar refractivity (Wildman–Crippen MR) is 116 cm³/mol. The van der Waals surface area contributed by atoms with Crippen LogP contribution in [0.5, 0.6) is 0 Å². The maximum absolute atomic E-state index is 13.2. The molecule has 14 heteroatoms. The number of imidazole rings is 1. The Hall–Kier alpha value is -3.55. The first-order valence-corrected chi connectivity index (χ1v) is 11.7. The molecule has 0 saturated heterocycles. The summed E-state index contributed by atoms with van der Waals surface area (Å²) in [5.41, 5.74) is -0.321. The van der Waals surface area contributed by atoms with Gasteiger partial charge in [-0.25, -0.2) is 27.9 Å². The molecule has 4 aromatic rings. The van der Waals surface area contributed by atoms with Crippen molar-refractivity contribution in [2.24, 2.45) is 7.05 Å². The average Bonchev–Trinajstić information content (AvgIpc) is 3.30. The number of rotatable bonds is 4. The molecule has 0 saturated carbocycles. The van der Waals surface area contributed by atoms with Crippen molar-refractivity contribution < 1.29 is 26.4 Å². The Morgan fingerprint density at radius 1 is 1.18 bits per heavy atom. The predicted octanol–water partition coefficient (Wildman–Crippen LogP) is 2.50. The summed E-state index contributed by atoms with van der Waals surface area (Å²) in [6, 6.07) is 0.789. The number of carbonyl (C=O) groups is 1. The van der Waals surface area contributed by atoms with Crippen LogP contribution in [0.3, 0.4) is 0 Å². The Morgan fingerprint density at radius 2 is 1.85 bits per heavy atom. The van der Waals surface area contributed by atoms with Gasteiger partial charge in [0.2, 0.25) is 0 Å². The van der Waals surface area contributed by atoms with Gasteiger partial charge in [-0.05, 0) is 18.6 Å². The molecule has 1 amide bonds. The molecule has 0 aliphatic carbocycles. The Bertz CT molecular complexity index is 1570. The van der Waals surface area contributed by atoms with Crippen LogP contribution in [0.4, 0.5) is 13.2 Å². The van der Waals surface area contributed by atoms with Crippen LogP contribution in [-0.2, 0) is 23.1 Å². The van der Waals surface area contributed by atoms with E-state index >= 15 is 0 Å². The largest absolute Gasteiger partial charge is 0.433 e. The number of hydrogen-bond donors (Lipinski definition) is 0. The molecule has 0 fully saturated rings. The van der Waals surface area contributed by atoms with Crippen LogP contribution in [0.15, 0.2) is 23.5 Å². The first kappa shape index (κ1) is 23.6. The van der Waals surface area contributed by atoms with Crippen LogP contribution in [0, 0.1) is 6.92 Å². The van der Waals surface area contributed by atoms with E-state index in [1.165, 1.54) is 29.6 Å². The number of pyridine rings is 1. The summed E-state index contributed by atoms with van der Waals surface area (Å²) in [4.78, 5) is 26.2. The molecule has 180 valence electrons. The van der Waals surface area contributed by atoms with Gasteiger partial charge in [0.25, 0.3) is 5.91 Å². The third-order valence-corrected chi connectivity index (χ3v) is 6.99. The Morgan fingerprint density at radius 3 is 2.44 bits per heavy atom. The number of hydrogen-bond acceptors (Lipinski definition) is 7. The molecule has 0 spiro atoms. The maximum atomic E-state index is 13.2. The average molecular weight is 495 g/mol. The fourth-order valence-corrected chi connectivity index (χ4v) is 4.51. The highest BCUT2D eigenvalue weighted by atomic mass is 32.2. The highest BCUT2D eigenvalue weighted by Gasteiger charge is 2.34. The normalized spacial score (nSPS) is 12.6. The number of halogens is 3. The van der Waals surface area contributed by atoms with Crippen LogP contribution < -0.4 is 0 Å². The standard InChI is InChI=1S/C20H20F3N7O3S/c1-6-34(32,33)18-14(16-25-8-10(2)15(30(16)27-18)19(31)28(3)4)17-26-11-7-13(20(21,22)23)24-9-12(11)29(17)5/h7-9H,6H2,1-5H3. The minimum atomic E-state index is -4.67. The van der Waals surface area contributed by atoms with E-state index in [4.69, 9.17) is 0 Å². The first-order valence-electron chi connectivity index (χ1n) is 10.0. The Labute approximate surface area is 192 Å². The van der Waals surface area contributed by atoms with Crippen LogP contribution in [0.25, 0.3) is 28.1 Å². The fourth-order valence-electron chi connectivity index (χ4n) is 3.54. The topological polar surface area (TPSA) is 115 Å². The van der Waals surface area contributed by atoms with Gasteiger partial charge in [-0.3, -0.25) is 4.79 Å². The maximum Gasteiger partial charge on any atom is 0.433 e. The molecule has 0 N–H and O–H groups in total. The number of sulfone groups is 1. The van der Waals surface area contributed by atoms with E-state index in [-0.39, 0.29) is 44.5 Å². The zero-order valence-electron chi connectivity index (χ0n) is 18.8. The number of aryl methyl sites for hydroxylation is 2. The summed E-state index contributed by atoms with van der Waals surface area (Å²) in [7, 11) is 0.655.